The molecule has 1 N–H and O–H groups in total. The fourth-order valence-electron chi connectivity index (χ4n) is 2.48. The SMILES string of the molecule is COC1CC(n2cnc3c(C(=O)O)cccc32)C1. The zero-order valence-electron chi connectivity index (χ0n) is 10.0. The standard InChI is InChI=1S/C13H14N2O3/c1-18-9-5-8(6-9)15-7-14-12-10(13(16)17)3-2-4-11(12)15/h2-4,7-9H,5-6H2,1H3,(H,16,17). The Balaban J connectivity index is 2.00. The summed E-state index contributed by atoms with van der Waals surface area (Å²) in [5, 5.41) is 9.11. The molecule has 1 saturated carbocycles. The van der Waals surface area contributed by atoms with Crippen molar-refractivity contribution in [3.8, 4) is 0 Å². The van der Waals surface area contributed by atoms with Gasteiger partial charge in [-0.1, -0.05) is 6.07 Å². The number of carbonyl (C=O) groups is 1. The average molecular weight is 246 g/mol. The number of hydrogen-bond acceptors (Lipinski definition) is 3. The molecule has 3 rings (SSSR count). The van der Waals surface area contributed by atoms with Crippen molar-refractivity contribution in [1.82, 2.24) is 9.55 Å². The molecule has 1 fully saturated rings. The lowest BCUT2D eigenvalue weighted by Gasteiger charge is -2.35. The summed E-state index contributed by atoms with van der Waals surface area (Å²) in [6.07, 6.45) is 3.96. The fourth-order valence-corrected chi connectivity index (χ4v) is 2.48. The highest BCUT2D eigenvalue weighted by Crippen LogP contribution is 2.36. The number of aromatic nitrogens is 2. The maximum atomic E-state index is 11.1. The van der Waals surface area contributed by atoms with Crippen LogP contribution in [0.15, 0.2) is 24.5 Å². The summed E-state index contributed by atoms with van der Waals surface area (Å²) in [4.78, 5) is 15.3. The molecule has 0 amide bonds. The van der Waals surface area contributed by atoms with Gasteiger partial charge in [0.05, 0.1) is 23.5 Å². The fraction of sp³-hybridized carbons (Fsp3) is 0.385. The molecule has 0 bridgehead atoms. The van der Waals surface area contributed by atoms with Crippen molar-refractivity contribution in [2.75, 3.05) is 7.11 Å². The molecule has 1 aromatic carbocycles. The second-order valence-electron chi connectivity index (χ2n) is 4.61. The summed E-state index contributed by atoms with van der Waals surface area (Å²) in [6.45, 7) is 0. The van der Waals surface area contributed by atoms with E-state index in [0.29, 0.717) is 17.7 Å². The van der Waals surface area contributed by atoms with Crippen LogP contribution in [-0.4, -0.2) is 33.8 Å². The van der Waals surface area contributed by atoms with E-state index < -0.39 is 5.97 Å². The number of fused-ring (bicyclic) bond motifs is 1. The quantitative estimate of drug-likeness (QED) is 0.900. The third-order valence-corrected chi connectivity index (χ3v) is 3.63. The van der Waals surface area contributed by atoms with Crippen molar-refractivity contribution < 1.29 is 14.6 Å². The van der Waals surface area contributed by atoms with E-state index in [1.807, 2.05) is 6.07 Å². The minimum atomic E-state index is -0.936. The summed E-state index contributed by atoms with van der Waals surface area (Å²) < 4.78 is 7.31. The van der Waals surface area contributed by atoms with Gasteiger partial charge in [-0.3, -0.25) is 0 Å². The van der Waals surface area contributed by atoms with Crippen LogP contribution in [0.1, 0.15) is 29.2 Å². The van der Waals surface area contributed by atoms with Crippen LogP contribution in [0.2, 0.25) is 0 Å². The lowest BCUT2D eigenvalue weighted by Crippen LogP contribution is -2.32. The van der Waals surface area contributed by atoms with E-state index in [1.54, 1.807) is 25.6 Å². The van der Waals surface area contributed by atoms with Crippen molar-refractivity contribution in [1.29, 1.82) is 0 Å². The number of para-hydroxylation sites is 1. The summed E-state index contributed by atoms with van der Waals surface area (Å²) in [7, 11) is 1.72. The molecule has 5 heteroatoms. The third-order valence-electron chi connectivity index (χ3n) is 3.63. The summed E-state index contributed by atoms with van der Waals surface area (Å²) >= 11 is 0. The Labute approximate surface area is 104 Å². The van der Waals surface area contributed by atoms with Gasteiger partial charge in [-0.05, 0) is 25.0 Å². The van der Waals surface area contributed by atoms with E-state index in [1.165, 1.54) is 0 Å². The molecular formula is C13H14N2O3. The second kappa shape index (κ2) is 4.10. The van der Waals surface area contributed by atoms with Crippen LogP contribution in [-0.2, 0) is 4.74 Å². The van der Waals surface area contributed by atoms with Crippen molar-refractivity contribution in [3.05, 3.63) is 30.1 Å². The van der Waals surface area contributed by atoms with E-state index in [9.17, 15) is 4.79 Å². The number of aromatic carboxylic acids is 1. The van der Waals surface area contributed by atoms with Crippen molar-refractivity contribution >= 4 is 17.0 Å². The van der Waals surface area contributed by atoms with Crippen molar-refractivity contribution in [3.63, 3.8) is 0 Å². The molecule has 1 aliphatic rings. The lowest BCUT2D eigenvalue weighted by molar-refractivity contribution is 0.00733. The Hall–Kier alpha value is -1.88. The van der Waals surface area contributed by atoms with E-state index >= 15 is 0 Å². The van der Waals surface area contributed by atoms with Crippen LogP contribution in [0.25, 0.3) is 11.0 Å². The predicted octanol–water partition coefficient (Wildman–Crippen LogP) is 2.08. The topological polar surface area (TPSA) is 64.4 Å². The van der Waals surface area contributed by atoms with E-state index in [0.717, 1.165) is 18.4 Å². The zero-order valence-corrected chi connectivity index (χ0v) is 10.0. The molecule has 1 aromatic heterocycles. The zero-order chi connectivity index (χ0) is 12.7. The number of ether oxygens (including phenoxy) is 1. The minimum absolute atomic E-state index is 0.258. The number of carboxylic acid groups (broad SMARTS) is 1. The van der Waals surface area contributed by atoms with Gasteiger partial charge in [0.25, 0.3) is 0 Å². The minimum Gasteiger partial charge on any atom is -0.478 e. The van der Waals surface area contributed by atoms with Crippen LogP contribution in [0, 0.1) is 0 Å². The molecule has 0 saturated heterocycles. The van der Waals surface area contributed by atoms with Crippen LogP contribution in [0.4, 0.5) is 0 Å². The molecule has 1 heterocycles. The number of imidazole rings is 1. The molecule has 2 aromatic rings. The number of hydrogen-bond donors (Lipinski definition) is 1. The number of nitrogens with zero attached hydrogens (tertiary/aromatic N) is 2. The monoisotopic (exact) mass is 246 g/mol. The summed E-state index contributed by atoms with van der Waals surface area (Å²) in [5.41, 5.74) is 1.70. The van der Waals surface area contributed by atoms with Crippen molar-refractivity contribution in [2.24, 2.45) is 0 Å². The molecule has 5 nitrogen and oxygen atoms in total. The van der Waals surface area contributed by atoms with Gasteiger partial charge in [-0.2, -0.15) is 0 Å². The first-order valence-electron chi connectivity index (χ1n) is 5.92. The number of methoxy groups -OCH3 is 1. The molecule has 18 heavy (non-hydrogen) atoms. The first-order chi connectivity index (χ1) is 8.70. The Kier molecular flexibility index (Phi) is 2.56. The van der Waals surface area contributed by atoms with Gasteiger partial charge in [0.15, 0.2) is 0 Å². The van der Waals surface area contributed by atoms with Crippen LogP contribution >= 0.6 is 0 Å². The smallest absolute Gasteiger partial charge is 0.337 e. The normalized spacial score (nSPS) is 22.9. The van der Waals surface area contributed by atoms with E-state index in [2.05, 4.69) is 9.55 Å². The maximum absolute atomic E-state index is 11.1. The first kappa shape index (κ1) is 11.2. The highest BCUT2D eigenvalue weighted by atomic mass is 16.5. The maximum Gasteiger partial charge on any atom is 0.337 e. The largest absolute Gasteiger partial charge is 0.478 e. The number of rotatable bonds is 3. The molecule has 0 atom stereocenters. The van der Waals surface area contributed by atoms with Gasteiger partial charge in [-0.25, -0.2) is 9.78 Å². The van der Waals surface area contributed by atoms with Gasteiger partial charge in [0, 0.05) is 13.2 Å². The Bertz CT molecular complexity index is 599. The Morgan fingerprint density at radius 1 is 1.50 bits per heavy atom. The molecule has 94 valence electrons. The van der Waals surface area contributed by atoms with Gasteiger partial charge in [0.2, 0.25) is 0 Å². The predicted molar refractivity (Wildman–Crippen MR) is 65.8 cm³/mol. The van der Waals surface area contributed by atoms with Crippen LogP contribution in [0.5, 0.6) is 0 Å². The molecule has 0 spiro atoms. The number of benzene rings is 1. The van der Waals surface area contributed by atoms with Gasteiger partial charge in [0.1, 0.15) is 5.52 Å². The van der Waals surface area contributed by atoms with Gasteiger partial charge >= 0.3 is 5.97 Å². The summed E-state index contributed by atoms with van der Waals surface area (Å²) in [6, 6.07) is 5.62. The average Bonchev–Trinajstić information content (AvgIpc) is 2.71. The Morgan fingerprint density at radius 2 is 2.28 bits per heavy atom. The number of carboxylic acids is 1. The molecular weight excluding hydrogens is 232 g/mol. The summed E-state index contributed by atoms with van der Waals surface area (Å²) in [5.74, 6) is -0.936. The van der Waals surface area contributed by atoms with Crippen LogP contribution < -0.4 is 0 Å². The Morgan fingerprint density at radius 3 is 2.94 bits per heavy atom. The highest BCUT2D eigenvalue weighted by Gasteiger charge is 2.31. The van der Waals surface area contributed by atoms with Gasteiger partial charge in [-0.15, -0.1) is 0 Å². The third kappa shape index (κ3) is 1.59. The lowest BCUT2D eigenvalue weighted by atomic mass is 9.89. The van der Waals surface area contributed by atoms with E-state index in [4.69, 9.17) is 9.84 Å². The first-order valence-corrected chi connectivity index (χ1v) is 5.92. The van der Waals surface area contributed by atoms with E-state index in [-0.39, 0.29) is 5.56 Å². The van der Waals surface area contributed by atoms with Gasteiger partial charge < -0.3 is 14.4 Å². The molecule has 1 aliphatic carbocycles. The molecule has 0 radical (unpaired) electrons. The molecule has 0 unspecified atom stereocenters. The molecule has 0 aliphatic heterocycles. The highest BCUT2D eigenvalue weighted by molar-refractivity contribution is 6.00. The second-order valence-corrected chi connectivity index (χ2v) is 4.61. The van der Waals surface area contributed by atoms with Crippen LogP contribution in [0.3, 0.4) is 0 Å². The van der Waals surface area contributed by atoms with Crippen molar-refractivity contribution in [2.45, 2.75) is 25.0 Å².